The zero-order valence-electron chi connectivity index (χ0n) is 24.0. The van der Waals surface area contributed by atoms with Crippen molar-refractivity contribution in [1.29, 1.82) is 0 Å². The minimum atomic E-state index is -0.0904. The van der Waals surface area contributed by atoms with Crippen LogP contribution in [-0.2, 0) is 4.74 Å². The number of hydrogen-bond donors (Lipinski definition) is 1. The van der Waals surface area contributed by atoms with E-state index in [9.17, 15) is 4.79 Å². The topological polar surface area (TPSA) is 41.6 Å². The van der Waals surface area contributed by atoms with Crippen molar-refractivity contribution in [3.05, 3.63) is 11.6 Å². The number of fused-ring (bicyclic) bond motifs is 5. The highest BCUT2D eigenvalue weighted by atomic mass is 16.6. The number of carbonyl (C=O) groups is 1. The minimum Gasteiger partial charge on any atom is -0.446 e. The molecule has 5 aliphatic rings. The van der Waals surface area contributed by atoms with Gasteiger partial charge in [-0.25, -0.2) is 4.79 Å². The quantitative estimate of drug-likeness (QED) is 0.387. The molecular formula is C32H54N2O2. The van der Waals surface area contributed by atoms with Gasteiger partial charge in [-0.2, -0.15) is 0 Å². The Balaban J connectivity index is 1.23. The van der Waals surface area contributed by atoms with E-state index in [2.05, 4.69) is 46.0 Å². The van der Waals surface area contributed by atoms with Gasteiger partial charge in [0, 0.05) is 32.6 Å². The fraction of sp³-hybridized carbons (Fsp3) is 0.906. The molecule has 0 aromatic carbocycles. The molecule has 1 heterocycles. The molecule has 0 aromatic heterocycles. The van der Waals surface area contributed by atoms with Crippen molar-refractivity contribution in [3.63, 3.8) is 0 Å². The largest absolute Gasteiger partial charge is 0.446 e. The maximum Gasteiger partial charge on any atom is 0.410 e. The number of ether oxygens (including phenoxy) is 1. The van der Waals surface area contributed by atoms with E-state index in [1.807, 2.05) is 4.90 Å². The van der Waals surface area contributed by atoms with Gasteiger partial charge in [-0.3, -0.25) is 0 Å². The van der Waals surface area contributed by atoms with Gasteiger partial charge in [-0.1, -0.05) is 65.5 Å². The van der Waals surface area contributed by atoms with Crippen LogP contribution in [-0.4, -0.2) is 43.3 Å². The van der Waals surface area contributed by atoms with Gasteiger partial charge in [0.05, 0.1) is 0 Å². The first-order valence-corrected chi connectivity index (χ1v) is 15.6. The Hall–Kier alpha value is -1.03. The molecule has 3 saturated carbocycles. The Morgan fingerprint density at radius 2 is 1.83 bits per heavy atom. The third kappa shape index (κ3) is 4.90. The molecule has 4 nitrogen and oxygen atoms in total. The molecule has 1 N–H and O–H groups in total. The highest BCUT2D eigenvalue weighted by Gasteiger charge is 2.59. The number of hydrogen-bond acceptors (Lipinski definition) is 3. The molecule has 0 bridgehead atoms. The van der Waals surface area contributed by atoms with Crippen LogP contribution in [0.3, 0.4) is 0 Å². The molecule has 0 aromatic rings. The van der Waals surface area contributed by atoms with E-state index < -0.39 is 0 Å². The third-order valence-electron chi connectivity index (χ3n) is 11.9. The van der Waals surface area contributed by atoms with Crippen molar-refractivity contribution >= 4 is 6.09 Å². The van der Waals surface area contributed by atoms with E-state index in [0.717, 1.165) is 74.5 Å². The lowest BCUT2D eigenvalue weighted by Gasteiger charge is -2.58. The molecule has 1 saturated heterocycles. The van der Waals surface area contributed by atoms with E-state index in [4.69, 9.17) is 4.74 Å². The number of nitrogens with one attached hydrogen (secondary N) is 1. The van der Waals surface area contributed by atoms with Gasteiger partial charge in [-0.15, -0.1) is 0 Å². The molecule has 204 valence electrons. The van der Waals surface area contributed by atoms with Gasteiger partial charge in [0.1, 0.15) is 6.10 Å². The van der Waals surface area contributed by atoms with E-state index in [1.54, 1.807) is 5.57 Å². The Kier molecular flexibility index (Phi) is 7.84. The lowest BCUT2D eigenvalue weighted by molar-refractivity contribution is -0.0594. The number of piperazine rings is 1. The predicted octanol–water partition coefficient (Wildman–Crippen LogP) is 7.44. The van der Waals surface area contributed by atoms with Crippen LogP contribution >= 0.6 is 0 Å². The van der Waals surface area contributed by atoms with Crippen molar-refractivity contribution in [1.82, 2.24) is 10.2 Å². The van der Waals surface area contributed by atoms with Gasteiger partial charge in [0.15, 0.2) is 0 Å². The second-order valence-corrected chi connectivity index (χ2v) is 14.3. The summed E-state index contributed by atoms with van der Waals surface area (Å²) in [5, 5.41) is 3.32. The first kappa shape index (κ1) is 26.6. The maximum absolute atomic E-state index is 12.7. The molecule has 4 fully saturated rings. The zero-order valence-corrected chi connectivity index (χ0v) is 24.0. The van der Waals surface area contributed by atoms with Gasteiger partial charge in [0.25, 0.3) is 0 Å². The zero-order chi connectivity index (χ0) is 25.5. The average Bonchev–Trinajstić information content (AvgIpc) is 3.22. The standard InChI is InChI=1S/C32H54N2O2/c1-22(2)7-6-8-23(3)27-11-12-28-26-10-9-24-21-25(36-30(35)34-19-17-33-18-20-34)13-15-31(24,4)29(26)14-16-32(27,28)5/h9,22-23,25-29,33H,6-8,10-21H2,1-5H3/t23-,25+,26+,27-,28+,29+,31+,32-/m1/s1. The molecule has 8 atom stereocenters. The van der Waals surface area contributed by atoms with E-state index in [1.165, 1.54) is 57.8 Å². The van der Waals surface area contributed by atoms with E-state index in [0.29, 0.717) is 10.8 Å². The molecule has 4 heteroatoms. The summed E-state index contributed by atoms with van der Waals surface area (Å²) in [6, 6.07) is 0. The van der Waals surface area contributed by atoms with E-state index in [-0.39, 0.29) is 12.2 Å². The monoisotopic (exact) mass is 498 g/mol. The first-order chi connectivity index (χ1) is 17.2. The molecule has 0 unspecified atom stereocenters. The van der Waals surface area contributed by atoms with Gasteiger partial charge >= 0.3 is 6.09 Å². The summed E-state index contributed by atoms with van der Waals surface area (Å²) >= 11 is 0. The van der Waals surface area contributed by atoms with Crippen LogP contribution in [0.2, 0.25) is 0 Å². The number of nitrogens with zero attached hydrogens (tertiary/aromatic N) is 1. The SMILES string of the molecule is CC(C)CCC[C@@H](C)[C@H]1CC[C@H]2[C@@H]3CC=C4C[C@@H](OC(=O)N5CCNCC5)CC[C@]4(C)[C@H]3CC[C@]12C. The van der Waals surface area contributed by atoms with Crippen LogP contribution in [0, 0.1) is 46.3 Å². The van der Waals surface area contributed by atoms with Crippen LogP contribution in [0.5, 0.6) is 0 Å². The summed E-state index contributed by atoms with van der Waals surface area (Å²) in [5.41, 5.74) is 2.49. The summed E-state index contributed by atoms with van der Waals surface area (Å²) in [4.78, 5) is 14.6. The van der Waals surface area contributed by atoms with Gasteiger partial charge in [0.2, 0.25) is 0 Å². The number of carbonyl (C=O) groups excluding carboxylic acids is 1. The maximum atomic E-state index is 12.7. The summed E-state index contributed by atoms with van der Waals surface area (Å²) < 4.78 is 6.05. The highest BCUT2D eigenvalue weighted by Crippen LogP contribution is 2.67. The fourth-order valence-electron chi connectivity index (χ4n) is 9.82. The summed E-state index contributed by atoms with van der Waals surface area (Å²) in [7, 11) is 0. The Morgan fingerprint density at radius 3 is 2.58 bits per heavy atom. The van der Waals surface area contributed by atoms with Crippen LogP contribution in [0.1, 0.15) is 105 Å². The predicted molar refractivity (Wildman–Crippen MR) is 148 cm³/mol. The molecule has 1 amide bonds. The molecule has 0 radical (unpaired) electrons. The molecule has 36 heavy (non-hydrogen) atoms. The van der Waals surface area contributed by atoms with Crippen LogP contribution in [0.4, 0.5) is 4.79 Å². The third-order valence-corrected chi connectivity index (χ3v) is 11.9. The summed E-state index contributed by atoms with van der Waals surface area (Å²) in [5.74, 6) is 5.24. The number of amides is 1. The molecule has 0 spiro atoms. The minimum absolute atomic E-state index is 0.0691. The Morgan fingerprint density at radius 1 is 1.06 bits per heavy atom. The second-order valence-electron chi connectivity index (χ2n) is 14.3. The van der Waals surface area contributed by atoms with Crippen LogP contribution in [0.15, 0.2) is 11.6 Å². The number of rotatable bonds is 6. The average molecular weight is 499 g/mol. The molecule has 4 aliphatic carbocycles. The van der Waals surface area contributed by atoms with Crippen molar-refractivity contribution in [2.24, 2.45) is 46.3 Å². The smallest absolute Gasteiger partial charge is 0.410 e. The van der Waals surface area contributed by atoms with Crippen molar-refractivity contribution < 1.29 is 9.53 Å². The van der Waals surface area contributed by atoms with Gasteiger partial charge in [-0.05, 0) is 91.3 Å². The Labute approximate surface area is 221 Å². The molecule has 5 rings (SSSR count). The fourth-order valence-corrected chi connectivity index (χ4v) is 9.82. The lowest BCUT2D eigenvalue weighted by Crippen LogP contribution is -2.51. The summed E-state index contributed by atoms with van der Waals surface area (Å²) in [6.45, 7) is 15.9. The highest BCUT2D eigenvalue weighted by molar-refractivity contribution is 5.68. The van der Waals surface area contributed by atoms with Gasteiger partial charge < -0.3 is 15.0 Å². The first-order valence-electron chi connectivity index (χ1n) is 15.6. The summed E-state index contributed by atoms with van der Waals surface area (Å²) in [6.07, 6.45) is 17.0. The second kappa shape index (κ2) is 10.6. The normalized spacial score (nSPS) is 41.2. The van der Waals surface area contributed by atoms with Crippen molar-refractivity contribution in [3.8, 4) is 0 Å². The van der Waals surface area contributed by atoms with Crippen LogP contribution < -0.4 is 5.32 Å². The Bertz CT molecular complexity index is 817. The van der Waals surface area contributed by atoms with E-state index >= 15 is 0 Å². The van der Waals surface area contributed by atoms with Crippen molar-refractivity contribution in [2.45, 2.75) is 111 Å². The number of allylic oxidation sites excluding steroid dienone is 1. The molecule has 1 aliphatic heterocycles. The van der Waals surface area contributed by atoms with Crippen LogP contribution in [0.25, 0.3) is 0 Å². The lowest BCUT2D eigenvalue weighted by atomic mass is 9.47. The molecular weight excluding hydrogens is 444 g/mol. The van der Waals surface area contributed by atoms with Crippen molar-refractivity contribution in [2.75, 3.05) is 26.2 Å².